The first kappa shape index (κ1) is 12.6. The number of aryl methyl sites for hydroxylation is 1. The molecule has 2 nitrogen and oxygen atoms in total. The maximum Gasteiger partial charge on any atom is 0.101 e. The molecule has 88 valence electrons. The quantitative estimate of drug-likeness (QED) is 0.938. The molecule has 17 heavy (non-hydrogen) atoms. The van der Waals surface area contributed by atoms with Crippen molar-refractivity contribution in [2.75, 3.05) is 0 Å². The van der Waals surface area contributed by atoms with Gasteiger partial charge < -0.3 is 5.73 Å². The Bertz CT molecular complexity index is 529. The minimum atomic E-state index is 0.548. The second-order valence-corrected chi connectivity index (χ2v) is 5.61. The van der Waals surface area contributed by atoms with Gasteiger partial charge in [0.25, 0.3) is 0 Å². The molecule has 0 bridgehead atoms. The van der Waals surface area contributed by atoms with Crippen LogP contribution in [0, 0.1) is 6.92 Å². The van der Waals surface area contributed by atoms with Crippen LogP contribution in [0.3, 0.4) is 0 Å². The number of aromatic nitrogens is 1. The first-order valence-corrected chi connectivity index (χ1v) is 6.90. The number of hydrogen-bond acceptors (Lipinski definition) is 3. The van der Waals surface area contributed by atoms with Crippen molar-refractivity contribution in [1.29, 1.82) is 0 Å². The number of rotatable bonds is 3. The van der Waals surface area contributed by atoms with Crippen molar-refractivity contribution in [3.63, 3.8) is 0 Å². The van der Waals surface area contributed by atoms with Gasteiger partial charge in [-0.15, -0.1) is 0 Å². The molecule has 0 fully saturated rings. The van der Waals surface area contributed by atoms with Gasteiger partial charge in [0.05, 0.1) is 0 Å². The van der Waals surface area contributed by atoms with Gasteiger partial charge in [-0.2, -0.15) is 0 Å². The standard InChI is InChI=1S/C13H13BrN2S/c1-9-6-10(8-15)7-13(16-9)17-12-5-3-2-4-11(12)14/h2-7H,8,15H2,1H3. The monoisotopic (exact) mass is 308 g/mol. The molecule has 2 aromatic rings. The molecule has 0 saturated heterocycles. The fourth-order valence-electron chi connectivity index (χ4n) is 1.52. The zero-order chi connectivity index (χ0) is 12.3. The lowest BCUT2D eigenvalue weighted by Crippen LogP contribution is -1.98. The van der Waals surface area contributed by atoms with Crippen molar-refractivity contribution in [3.05, 3.63) is 52.1 Å². The molecule has 2 rings (SSSR count). The average Bonchev–Trinajstić information content (AvgIpc) is 2.31. The molecule has 1 heterocycles. The molecule has 0 saturated carbocycles. The lowest BCUT2D eigenvalue weighted by molar-refractivity contribution is 0.986. The van der Waals surface area contributed by atoms with Crippen LogP contribution in [0.5, 0.6) is 0 Å². The number of nitrogens with two attached hydrogens (primary N) is 1. The van der Waals surface area contributed by atoms with Crippen LogP contribution >= 0.6 is 27.7 Å². The summed E-state index contributed by atoms with van der Waals surface area (Å²) in [6.45, 7) is 2.54. The molecule has 2 N–H and O–H groups in total. The smallest absolute Gasteiger partial charge is 0.101 e. The molecule has 0 unspecified atom stereocenters. The van der Waals surface area contributed by atoms with Crippen molar-refractivity contribution in [2.45, 2.75) is 23.4 Å². The van der Waals surface area contributed by atoms with E-state index in [4.69, 9.17) is 5.73 Å². The Morgan fingerprint density at radius 1 is 1.29 bits per heavy atom. The summed E-state index contributed by atoms with van der Waals surface area (Å²) in [5.74, 6) is 0. The summed E-state index contributed by atoms with van der Waals surface area (Å²) in [6.07, 6.45) is 0. The van der Waals surface area contributed by atoms with Crippen molar-refractivity contribution >= 4 is 27.7 Å². The minimum absolute atomic E-state index is 0.548. The van der Waals surface area contributed by atoms with E-state index in [1.54, 1.807) is 11.8 Å². The molecule has 0 atom stereocenters. The number of nitrogens with zero attached hydrogens (tertiary/aromatic N) is 1. The Morgan fingerprint density at radius 3 is 2.76 bits per heavy atom. The van der Waals surface area contributed by atoms with Gasteiger partial charge in [-0.25, -0.2) is 4.98 Å². The summed E-state index contributed by atoms with van der Waals surface area (Å²) >= 11 is 5.18. The lowest BCUT2D eigenvalue weighted by Gasteiger charge is -2.06. The Morgan fingerprint density at radius 2 is 2.06 bits per heavy atom. The van der Waals surface area contributed by atoms with Crippen LogP contribution in [0.4, 0.5) is 0 Å². The van der Waals surface area contributed by atoms with Crippen LogP contribution in [-0.4, -0.2) is 4.98 Å². The van der Waals surface area contributed by atoms with Crippen molar-refractivity contribution < 1.29 is 0 Å². The average molecular weight is 309 g/mol. The largest absolute Gasteiger partial charge is 0.326 e. The van der Waals surface area contributed by atoms with E-state index in [1.807, 2.05) is 37.3 Å². The predicted octanol–water partition coefficient (Wildman–Crippen LogP) is 3.76. The second kappa shape index (κ2) is 5.67. The highest BCUT2D eigenvalue weighted by atomic mass is 79.9. The Hall–Kier alpha value is -0.840. The molecular weight excluding hydrogens is 296 g/mol. The second-order valence-electron chi connectivity index (χ2n) is 3.69. The fraction of sp³-hybridized carbons (Fsp3) is 0.154. The highest BCUT2D eigenvalue weighted by Gasteiger charge is 2.04. The van der Waals surface area contributed by atoms with Crippen LogP contribution in [0.2, 0.25) is 0 Å². The van der Waals surface area contributed by atoms with E-state index >= 15 is 0 Å². The first-order valence-electron chi connectivity index (χ1n) is 5.29. The Labute approximate surface area is 114 Å². The van der Waals surface area contributed by atoms with Crippen LogP contribution in [0.1, 0.15) is 11.3 Å². The highest BCUT2D eigenvalue weighted by molar-refractivity contribution is 9.10. The van der Waals surface area contributed by atoms with E-state index in [2.05, 4.69) is 27.0 Å². The van der Waals surface area contributed by atoms with Crippen LogP contribution in [-0.2, 0) is 6.54 Å². The molecule has 0 amide bonds. The zero-order valence-electron chi connectivity index (χ0n) is 9.48. The van der Waals surface area contributed by atoms with E-state index < -0.39 is 0 Å². The lowest BCUT2D eigenvalue weighted by atomic mass is 10.2. The highest BCUT2D eigenvalue weighted by Crippen LogP contribution is 2.32. The minimum Gasteiger partial charge on any atom is -0.326 e. The van der Waals surface area contributed by atoms with Gasteiger partial charge in [-0.05, 0) is 52.7 Å². The molecule has 4 heteroatoms. The van der Waals surface area contributed by atoms with E-state index in [-0.39, 0.29) is 0 Å². The van der Waals surface area contributed by atoms with Crippen molar-refractivity contribution in [1.82, 2.24) is 4.98 Å². The maximum atomic E-state index is 5.66. The normalized spacial score (nSPS) is 10.5. The van der Waals surface area contributed by atoms with E-state index in [9.17, 15) is 0 Å². The van der Waals surface area contributed by atoms with Gasteiger partial charge in [0, 0.05) is 21.6 Å². The van der Waals surface area contributed by atoms with Crippen LogP contribution < -0.4 is 5.73 Å². The molecule has 0 radical (unpaired) electrons. The summed E-state index contributed by atoms with van der Waals surface area (Å²) in [7, 11) is 0. The van der Waals surface area contributed by atoms with E-state index in [0.29, 0.717) is 6.54 Å². The molecule has 0 aliphatic carbocycles. The van der Waals surface area contributed by atoms with Crippen molar-refractivity contribution in [2.24, 2.45) is 5.73 Å². The molecule has 0 aliphatic heterocycles. The summed E-state index contributed by atoms with van der Waals surface area (Å²) in [5, 5.41) is 0.984. The van der Waals surface area contributed by atoms with Crippen LogP contribution in [0.15, 0.2) is 50.8 Å². The Kier molecular flexibility index (Phi) is 4.20. The van der Waals surface area contributed by atoms with Gasteiger partial charge >= 0.3 is 0 Å². The fourth-order valence-corrected chi connectivity index (χ4v) is 2.98. The van der Waals surface area contributed by atoms with E-state index in [1.165, 1.54) is 0 Å². The number of halogens is 1. The summed E-state index contributed by atoms with van der Waals surface area (Å²) in [4.78, 5) is 5.67. The first-order chi connectivity index (χ1) is 8.19. The molecule has 0 aliphatic rings. The third kappa shape index (κ3) is 3.31. The molecule has 0 spiro atoms. The maximum absolute atomic E-state index is 5.66. The third-order valence-corrected chi connectivity index (χ3v) is 4.22. The summed E-state index contributed by atoms with van der Waals surface area (Å²) in [6, 6.07) is 12.2. The van der Waals surface area contributed by atoms with Gasteiger partial charge in [0.2, 0.25) is 0 Å². The van der Waals surface area contributed by atoms with Crippen molar-refractivity contribution in [3.8, 4) is 0 Å². The third-order valence-electron chi connectivity index (χ3n) is 2.28. The molecule has 1 aromatic heterocycles. The van der Waals surface area contributed by atoms with Gasteiger partial charge in [0.1, 0.15) is 5.03 Å². The van der Waals surface area contributed by atoms with Gasteiger partial charge in [0.15, 0.2) is 0 Å². The zero-order valence-corrected chi connectivity index (χ0v) is 11.9. The van der Waals surface area contributed by atoms with Crippen LogP contribution in [0.25, 0.3) is 0 Å². The van der Waals surface area contributed by atoms with Gasteiger partial charge in [-0.1, -0.05) is 23.9 Å². The summed E-state index contributed by atoms with van der Waals surface area (Å²) < 4.78 is 1.09. The van der Waals surface area contributed by atoms with E-state index in [0.717, 1.165) is 25.7 Å². The number of hydrogen-bond donors (Lipinski definition) is 1. The molecule has 1 aromatic carbocycles. The number of benzene rings is 1. The summed E-state index contributed by atoms with van der Waals surface area (Å²) in [5.41, 5.74) is 7.78. The topological polar surface area (TPSA) is 38.9 Å². The van der Waals surface area contributed by atoms with Gasteiger partial charge in [-0.3, -0.25) is 0 Å². The predicted molar refractivity (Wildman–Crippen MR) is 75.1 cm³/mol. The SMILES string of the molecule is Cc1cc(CN)cc(Sc2ccccc2Br)n1. The molecular formula is C13H13BrN2S. The number of pyridine rings is 1. The Balaban J connectivity index is 2.30.